The van der Waals surface area contributed by atoms with E-state index < -0.39 is 40.0 Å². The fourth-order valence-electron chi connectivity index (χ4n) is 5.81. The van der Waals surface area contributed by atoms with Crippen LogP contribution in [0, 0.1) is 11.2 Å². The van der Waals surface area contributed by atoms with Gasteiger partial charge in [-0.3, -0.25) is 24.2 Å². The number of halogens is 4. The highest BCUT2D eigenvalue weighted by Gasteiger charge is 2.36. The molecule has 5 rings (SSSR count). The Morgan fingerprint density at radius 2 is 1.76 bits per heavy atom. The summed E-state index contributed by atoms with van der Waals surface area (Å²) in [4.78, 5) is 46.1. The molecular formula is C35H41F4N5O5. The number of likely N-dealkylation sites (N-methyl/N-ethyl adjacent to an activating group) is 1. The second-order valence-corrected chi connectivity index (χ2v) is 13.4. The van der Waals surface area contributed by atoms with Crippen molar-refractivity contribution in [3.63, 3.8) is 0 Å². The van der Waals surface area contributed by atoms with Crippen molar-refractivity contribution in [2.45, 2.75) is 39.5 Å². The maximum Gasteiger partial charge on any atom is 0.417 e. The molecule has 0 aliphatic carbocycles. The van der Waals surface area contributed by atoms with Crippen molar-refractivity contribution in [1.29, 1.82) is 0 Å². The van der Waals surface area contributed by atoms with Crippen LogP contribution in [0.4, 0.5) is 28.9 Å². The Kier molecular flexibility index (Phi) is 10.8. The van der Waals surface area contributed by atoms with Crippen LogP contribution in [0.1, 0.15) is 42.3 Å². The summed E-state index contributed by atoms with van der Waals surface area (Å²) < 4.78 is 68.0. The zero-order valence-corrected chi connectivity index (χ0v) is 28.0. The number of aromatic nitrogens is 1. The van der Waals surface area contributed by atoms with Crippen LogP contribution in [0.2, 0.25) is 0 Å². The minimum atomic E-state index is -4.97. The number of pyridine rings is 1. The van der Waals surface area contributed by atoms with Crippen LogP contribution in [-0.4, -0.2) is 92.3 Å². The molecule has 0 spiro atoms. The van der Waals surface area contributed by atoms with Gasteiger partial charge >= 0.3 is 12.1 Å². The first-order chi connectivity index (χ1) is 23.1. The Bertz CT molecular complexity index is 1730. The van der Waals surface area contributed by atoms with Crippen LogP contribution in [-0.2, 0) is 27.0 Å². The molecule has 49 heavy (non-hydrogen) atoms. The zero-order valence-electron chi connectivity index (χ0n) is 28.0. The molecule has 2 fully saturated rings. The number of nitrogens with zero attached hydrogens (tertiary/aromatic N) is 3. The maximum absolute atomic E-state index is 15.4. The monoisotopic (exact) mass is 687 g/mol. The summed E-state index contributed by atoms with van der Waals surface area (Å²) in [6, 6.07) is 9.85. The number of H-pyrrole nitrogens is 1. The zero-order chi connectivity index (χ0) is 35.5. The summed E-state index contributed by atoms with van der Waals surface area (Å²) in [6.45, 7) is 10.1. The van der Waals surface area contributed by atoms with Crippen molar-refractivity contribution >= 4 is 23.3 Å². The van der Waals surface area contributed by atoms with E-state index >= 15 is 4.39 Å². The van der Waals surface area contributed by atoms with Crippen molar-refractivity contribution in [3.8, 4) is 11.1 Å². The molecule has 2 saturated heterocycles. The van der Waals surface area contributed by atoms with E-state index in [1.807, 2.05) is 16.8 Å². The molecule has 1 atom stereocenters. The van der Waals surface area contributed by atoms with Crippen molar-refractivity contribution < 1.29 is 36.6 Å². The molecule has 2 aliphatic heterocycles. The number of alkyl halides is 3. The SMILES string of the molecule is CN1CCN(c2ccc(-c3cc(CN4CCOCC4)ccc3F)cc2NC(=O)c2c[nH]c(=O)cc2C(F)(F)F)CC1COC(=O)C(C)(C)C. The number of carbonyl (C=O) groups is 2. The lowest BCUT2D eigenvalue weighted by Gasteiger charge is -2.41. The van der Waals surface area contributed by atoms with E-state index in [-0.39, 0.29) is 29.9 Å². The molecular weight excluding hydrogens is 646 g/mol. The minimum absolute atomic E-state index is 0.107. The molecule has 0 radical (unpaired) electrons. The van der Waals surface area contributed by atoms with Gasteiger partial charge in [0.05, 0.1) is 47.2 Å². The average Bonchev–Trinajstić information content (AvgIpc) is 3.04. The van der Waals surface area contributed by atoms with E-state index in [4.69, 9.17) is 9.47 Å². The van der Waals surface area contributed by atoms with Crippen LogP contribution in [0.15, 0.2) is 53.5 Å². The predicted octanol–water partition coefficient (Wildman–Crippen LogP) is 4.99. The lowest BCUT2D eigenvalue weighted by Crippen LogP contribution is -2.54. The standard InChI is InChI=1S/C35H41F4N5O5/c1-34(2,3)33(47)49-21-24-20-44(10-9-42(24)4)30-8-6-23(25-15-22(5-7-28(25)36)19-43-11-13-48-14-12-43)16-29(30)41-32(46)26-18-40-31(45)17-27(26)35(37,38)39/h5-8,15-18,24H,9-14,19-21H2,1-4H3,(H,40,45)(H,41,46). The summed E-state index contributed by atoms with van der Waals surface area (Å²) in [5.74, 6) is -1.96. The number of amides is 1. The molecule has 264 valence electrons. The van der Waals surface area contributed by atoms with Gasteiger partial charge in [0.15, 0.2) is 0 Å². The smallest absolute Gasteiger partial charge is 0.417 e. The highest BCUT2D eigenvalue weighted by Crippen LogP contribution is 2.36. The van der Waals surface area contributed by atoms with E-state index in [0.717, 1.165) is 24.8 Å². The van der Waals surface area contributed by atoms with Gasteiger partial charge in [-0.2, -0.15) is 13.2 Å². The van der Waals surface area contributed by atoms with Crippen molar-refractivity contribution in [2.75, 3.05) is 69.8 Å². The first-order valence-electron chi connectivity index (χ1n) is 16.1. The first kappa shape index (κ1) is 36.0. The number of carbonyl (C=O) groups excluding carboxylic acids is 2. The molecule has 1 aromatic heterocycles. The van der Waals surface area contributed by atoms with E-state index in [1.54, 1.807) is 45.0 Å². The largest absolute Gasteiger partial charge is 0.464 e. The van der Waals surface area contributed by atoms with Crippen LogP contribution >= 0.6 is 0 Å². The fourth-order valence-corrected chi connectivity index (χ4v) is 5.81. The number of piperazine rings is 1. The topological polar surface area (TPSA) is 107 Å². The van der Waals surface area contributed by atoms with Crippen molar-refractivity contribution in [2.24, 2.45) is 5.41 Å². The number of hydrogen-bond donors (Lipinski definition) is 2. The van der Waals surface area contributed by atoms with Gasteiger partial charge in [0.1, 0.15) is 12.4 Å². The van der Waals surface area contributed by atoms with Crippen LogP contribution in [0.3, 0.4) is 0 Å². The third kappa shape index (κ3) is 8.86. The number of nitrogens with one attached hydrogen (secondary N) is 2. The van der Waals surface area contributed by atoms with E-state index in [0.29, 0.717) is 56.7 Å². The second-order valence-electron chi connectivity index (χ2n) is 13.4. The van der Waals surface area contributed by atoms with Crippen molar-refractivity contribution in [1.82, 2.24) is 14.8 Å². The highest BCUT2D eigenvalue weighted by molar-refractivity contribution is 6.07. The lowest BCUT2D eigenvalue weighted by molar-refractivity contribution is -0.154. The van der Waals surface area contributed by atoms with Gasteiger partial charge in [-0.05, 0) is 63.2 Å². The molecule has 0 saturated carbocycles. The third-order valence-corrected chi connectivity index (χ3v) is 8.71. The Morgan fingerprint density at radius 1 is 1.02 bits per heavy atom. The van der Waals surface area contributed by atoms with Crippen LogP contribution < -0.4 is 15.8 Å². The molecule has 2 aliphatic rings. The van der Waals surface area contributed by atoms with Gasteiger partial charge in [-0.15, -0.1) is 0 Å². The van der Waals surface area contributed by atoms with Gasteiger partial charge in [-0.25, -0.2) is 4.39 Å². The first-order valence-corrected chi connectivity index (χ1v) is 16.1. The molecule has 3 aromatic rings. The van der Waals surface area contributed by atoms with Gasteiger partial charge in [0.2, 0.25) is 5.56 Å². The quantitative estimate of drug-likeness (QED) is 0.252. The molecule has 1 unspecified atom stereocenters. The second kappa shape index (κ2) is 14.7. The summed E-state index contributed by atoms with van der Waals surface area (Å²) in [6.07, 6.45) is -4.24. The number of morpholine rings is 1. The minimum Gasteiger partial charge on any atom is -0.464 e. The van der Waals surface area contributed by atoms with Crippen LogP contribution in [0.5, 0.6) is 0 Å². The van der Waals surface area contributed by atoms with Gasteiger partial charge in [0.25, 0.3) is 5.91 Å². The van der Waals surface area contributed by atoms with Gasteiger partial charge in [-0.1, -0.05) is 12.1 Å². The number of esters is 1. The van der Waals surface area contributed by atoms with Crippen LogP contribution in [0.25, 0.3) is 11.1 Å². The van der Waals surface area contributed by atoms with E-state index in [1.165, 1.54) is 12.1 Å². The van der Waals surface area contributed by atoms with Gasteiger partial charge < -0.3 is 24.7 Å². The molecule has 2 N–H and O–H groups in total. The Morgan fingerprint density at radius 3 is 2.45 bits per heavy atom. The van der Waals surface area contributed by atoms with E-state index in [2.05, 4.69) is 15.2 Å². The average molecular weight is 688 g/mol. The molecule has 14 heteroatoms. The summed E-state index contributed by atoms with van der Waals surface area (Å²) in [5, 5.41) is 2.62. The Hall–Kier alpha value is -4.27. The third-order valence-electron chi connectivity index (χ3n) is 8.71. The maximum atomic E-state index is 15.4. The Balaban J connectivity index is 1.50. The van der Waals surface area contributed by atoms with Crippen molar-refractivity contribution in [3.05, 3.63) is 81.5 Å². The number of rotatable bonds is 8. The van der Waals surface area contributed by atoms with E-state index in [9.17, 15) is 27.6 Å². The Labute approximate surface area is 282 Å². The molecule has 3 heterocycles. The predicted molar refractivity (Wildman–Crippen MR) is 177 cm³/mol. The molecule has 1 amide bonds. The molecule has 10 nitrogen and oxygen atoms in total. The fraction of sp³-hybridized carbons (Fsp3) is 0.457. The summed E-state index contributed by atoms with van der Waals surface area (Å²) >= 11 is 0. The summed E-state index contributed by atoms with van der Waals surface area (Å²) in [5.41, 5.74) is -1.68. The van der Waals surface area contributed by atoms with Gasteiger partial charge in [0, 0.05) is 57.1 Å². The summed E-state index contributed by atoms with van der Waals surface area (Å²) in [7, 11) is 1.90. The normalized spacial score (nSPS) is 18.0. The highest BCUT2D eigenvalue weighted by atomic mass is 19.4. The number of anilines is 2. The number of ether oxygens (including phenoxy) is 2. The molecule has 2 aromatic carbocycles. The lowest BCUT2D eigenvalue weighted by atomic mass is 9.97. The number of aromatic amines is 1. The molecule has 0 bridgehead atoms. The number of hydrogen-bond acceptors (Lipinski definition) is 8. The number of benzene rings is 2.